The summed E-state index contributed by atoms with van der Waals surface area (Å²) in [5.41, 5.74) is 2.24. The molecule has 21 heavy (non-hydrogen) atoms. The Labute approximate surface area is 125 Å². The molecule has 1 aliphatic rings. The van der Waals surface area contributed by atoms with Gasteiger partial charge in [0.05, 0.1) is 11.4 Å². The van der Waals surface area contributed by atoms with Crippen LogP contribution in [0.1, 0.15) is 26.3 Å². The van der Waals surface area contributed by atoms with Gasteiger partial charge in [0.25, 0.3) is 0 Å². The highest BCUT2D eigenvalue weighted by Crippen LogP contribution is 2.32. The van der Waals surface area contributed by atoms with Crippen molar-refractivity contribution in [2.45, 2.75) is 33.2 Å². The number of carbonyl (C=O) groups excluding carboxylic acids is 1. The number of carbonyl (C=O) groups is 1. The fourth-order valence-electron chi connectivity index (χ4n) is 2.30. The number of urea groups is 1. The number of anilines is 2. The molecule has 1 aromatic carbocycles. The van der Waals surface area contributed by atoms with Gasteiger partial charge in [-0.15, -0.1) is 0 Å². The number of hydrogen-bond acceptors (Lipinski definition) is 3. The van der Waals surface area contributed by atoms with Crippen LogP contribution in [0.5, 0.6) is 0 Å². The predicted molar refractivity (Wildman–Crippen MR) is 84.2 cm³/mol. The minimum atomic E-state index is -3.27. The van der Waals surface area contributed by atoms with Crippen LogP contribution < -0.4 is 14.9 Å². The van der Waals surface area contributed by atoms with Crippen molar-refractivity contribution in [1.29, 1.82) is 0 Å². The van der Waals surface area contributed by atoms with Crippen LogP contribution in [-0.4, -0.2) is 32.8 Å². The zero-order valence-electron chi connectivity index (χ0n) is 12.5. The first-order chi connectivity index (χ1) is 9.83. The van der Waals surface area contributed by atoms with Crippen LogP contribution in [0.3, 0.4) is 0 Å². The minimum absolute atomic E-state index is 0.0383. The Balaban J connectivity index is 2.23. The van der Waals surface area contributed by atoms with Crippen molar-refractivity contribution in [1.82, 2.24) is 5.32 Å². The average Bonchev–Trinajstić information content (AvgIpc) is 2.81. The van der Waals surface area contributed by atoms with E-state index in [1.165, 1.54) is 4.31 Å². The van der Waals surface area contributed by atoms with Crippen molar-refractivity contribution in [3.8, 4) is 0 Å². The molecule has 0 aliphatic carbocycles. The van der Waals surface area contributed by atoms with Crippen LogP contribution in [0, 0.1) is 0 Å². The van der Waals surface area contributed by atoms with Gasteiger partial charge in [-0.1, -0.05) is 6.07 Å². The fraction of sp³-hybridized carbons (Fsp3) is 0.500. The Morgan fingerprint density at radius 3 is 2.71 bits per heavy atom. The van der Waals surface area contributed by atoms with Crippen molar-refractivity contribution in [3.05, 3.63) is 23.8 Å². The highest BCUT2D eigenvalue weighted by Gasteiger charge is 2.28. The number of benzene rings is 1. The van der Waals surface area contributed by atoms with Gasteiger partial charge in [-0.25, -0.2) is 13.2 Å². The average molecular weight is 311 g/mol. The molecule has 0 saturated carbocycles. The number of hydrogen-bond donors (Lipinski definition) is 2. The normalized spacial score (nSPS) is 14.2. The van der Waals surface area contributed by atoms with Gasteiger partial charge >= 0.3 is 6.03 Å². The second-order valence-corrected chi connectivity index (χ2v) is 7.50. The third kappa shape index (κ3) is 3.47. The molecule has 0 radical (unpaired) electrons. The lowest BCUT2D eigenvalue weighted by atomic mass is 10.1. The van der Waals surface area contributed by atoms with E-state index in [1.54, 1.807) is 19.1 Å². The summed E-state index contributed by atoms with van der Waals surface area (Å²) in [6.07, 6.45) is 0.701. The van der Waals surface area contributed by atoms with Crippen molar-refractivity contribution < 1.29 is 13.2 Å². The maximum Gasteiger partial charge on any atom is 0.319 e. The standard InChI is InChI=1S/C14H21N3O3S/c1-4-21(19,20)17-8-7-11-5-6-12(9-13(11)17)16-14(18)15-10(2)3/h5-6,9-10H,4,7-8H2,1-3H3,(H2,15,16,18). The summed E-state index contributed by atoms with van der Waals surface area (Å²) in [6.45, 7) is 5.84. The Kier molecular flexibility index (Phi) is 4.41. The van der Waals surface area contributed by atoms with Crippen LogP contribution in [0.25, 0.3) is 0 Å². The fourth-order valence-corrected chi connectivity index (χ4v) is 3.45. The molecule has 0 fully saturated rings. The maximum atomic E-state index is 12.1. The predicted octanol–water partition coefficient (Wildman–Crippen LogP) is 1.93. The molecule has 0 atom stereocenters. The second kappa shape index (κ2) is 5.93. The van der Waals surface area contributed by atoms with E-state index < -0.39 is 10.0 Å². The second-order valence-electron chi connectivity index (χ2n) is 5.32. The third-order valence-corrected chi connectivity index (χ3v) is 5.10. The highest BCUT2D eigenvalue weighted by atomic mass is 32.2. The molecule has 1 aliphatic heterocycles. The lowest BCUT2D eigenvalue weighted by molar-refractivity contribution is 0.250. The molecule has 0 spiro atoms. The molecular weight excluding hydrogens is 290 g/mol. The van der Waals surface area contributed by atoms with Crippen molar-refractivity contribution in [2.24, 2.45) is 0 Å². The zero-order valence-corrected chi connectivity index (χ0v) is 13.3. The number of sulfonamides is 1. The number of rotatable bonds is 4. The van der Waals surface area contributed by atoms with Gasteiger partial charge < -0.3 is 10.6 Å². The summed E-state index contributed by atoms with van der Waals surface area (Å²) in [5, 5.41) is 5.45. The zero-order chi connectivity index (χ0) is 15.6. The van der Waals surface area contributed by atoms with Gasteiger partial charge in [-0.2, -0.15) is 0 Å². The third-order valence-electron chi connectivity index (χ3n) is 3.32. The van der Waals surface area contributed by atoms with E-state index in [4.69, 9.17) is 0 Å². The quantitative estimate of drug-likeness (QED) is 0.892. The highest BCUT2D eigenvalue weighted by molar-refractivity contribution is 7.92. The van der Waals surface area contributed by atoms with E-state index in [0.29, 0.717) is 24.3 Å². The minimum Gasteiger partial charge on any atom is -0.336 e. The van der Waals surface area contributed by atoms with Gasteiger partial charge in [0.1, 0.15) is 0 Å². The maximum absolute atomic E-state index is 12.1. The van der Waals surface area contributed by atoms with Crippen molar-refractivity contribution in [3.63, 3.8) is 0 Å². The summed E-state index contributed by atoms with van der Waals surface area (Å²) in [4.78, 5) is 11.7. The van der Waals surface area contributed by atoms with E-state index in [2.05, 4.69) is 10.6 Å². The number of amides is 2. The Morgan fingerprint density at radius 1 is 1.38 bits per heavy atom. The first-order valence-electron chi connectivity index (χ1n) is 7.04. The smallest absolute Gasteiger partial charge is 0.319 e. The molecule has 2 amide bonds. The van der Waals surface area contributed by atoms with E-state index >= 15 is 0 Å². The van der Waals surface area contributed by atoms with Gasteiger partial charge in [0.2, 0.25) is 10.0 Å². The van der Waals surface area contributed by atoms with Crippen LogP contribution in [0.4, 0.5) is 16.2 Å². The molecule has 0 saturated heterocycles. The Hall–Kier alpha value is -1.76. The monoisotopic (exact) mass is 311 g/mol. The number of nitrogens with one attached hydrogen (secondary N) is 2. The first kappa shape index (κ1) is 15.6. The van der Waals surface area contributed by atoms with Crippen LogP contribution >= 0.6 is 0 Å². The summed E-state index contributed by atoms with van der Waals surface area (Å²) in [7, 11) is -3.27. The molecule has 2 rings (SSSR count). The van der Waals surface area contributed by atoms with Gasteiger partial charge in [0, 0.05) is 18.3 Å². The molecule has 6 nitrogen and oxygen atoms in total. The molecule has 116 valence electrons. The van der Waals surface area contributed by atoms with E-state index in [1.807, 2.05) is 19.9 Å². The number of nitrogens with zero attached hydrogens (tertiary/aromatic N) is 1. The molecule has 1 aromatic rings. The largest absolute Gasteiger partial charge is 0.336 e. The van der Waals surface area contributed by atoms with Gasteiger partial charge in [-0.3, -0.25) is 4.31 Å². The molecule has 7 heteroatoms. The van der Waals surface area contributed by atoms with Gasteiger partial charge in [-0.05, 0) is 44.9 Å². The molecule has 1 heterocycles. The summed E-state index contributed by atoms with van der Waals surface area (Å²) in [6, 6.07) is 5.12. The molecular formula is C14H21N3O3S. The molecule has 2 N–H and O–H groups in total. The summed E-state index contributed by atoms with van der Waals surface area (Å²) >= 11 is 0. The molecule has 0 aromatic heterocycles. The van der Waals surface area contributed by atoms with E-state index in [9.17, 15) is 13.2 Å². The van der Waals surface area contributed by atoms with Crippen LogP contribution in [0.15, 0.2) is 18.2 Å². The van der Waals surface area contributed by atoms with E-state index in [-0.39, 0.29) is 17.8 Å². The van der Waals surface area contributed by atoms with Crippen LogP contribution in [-0.2, 0) is 16.4 Å². The molecule has 0 unspecified atom stereocenters. The van der Waals surface area contributed by atoms with Crippen molar-refractivity contribution >= 4 is 27.4 Å². The summed E-state index contributed by atoms with van der Waals surface area (Å²) < 4.78 is 25.6. The topological polar surface area (TPSA) is 78.5 Å². The van der Waals surface area contributed by atoms with Crippen LogP contribution in [0.2, 0.25) is 0 Å². The Morgan fingerprint density at radius 2 is 2.10 bits per heavy atom. The Bertz CT molecular complexity index is 641. The van der Waals surface area contributed by atoms with E-state index in [0.717, 1.165) is 5.56 Å². The van der Waals surface area contributed by atoms with Gasteiger partial charge in [0.15, 0.2) is 0 Å². The first-order valence-corrected chi connectivity index (χ1v) is 8.65. The molecule has 0 bridgehead atoms. The van der Waals surface area contributed by atoms with Crippen molar-refractivity contribution in [2.75, 3.05) is 21.9 Å². The lowest BCUT2D eigenvalue weighted by Gasteiger charge is -2.19. The number of fused-ring (bicyclic) bond motifs is 1. The lowest BCUT2D eigenvalue weighted by Crippen LogP contribution is -2.34. The SMILES string of the molecule is CCS(=O)(=O)N1CCc2ccc(NC(=O)NC(C)C)cc21. The summed E-state index contributed by atoms with van der Waals surface area (Å²) in [5.74, 6) is 0.0674.